The highest BCUT2D eigenvalue weighted by molar-refractivity contribution is 5.85. The predicted molar refractivity (Wildman–Crippen MR) is 115 cm³/mol. The van der Waals surface area contributed by atoms with Crippen LogP contribution < -0.4 is 4.90 Å². The fourth-order valence-corrected chi connectivity index (χ4v) is 3.25. The molecule has 2 heteroatoms. The largest absolute Gasteiger partial charge is 0.378 e. The zero-order valence-electron chi connectivity index (χ0n) is 15.6. The average molecular weight is 350 g/mol. The number of anilines is 1. The van der Waals surface area contributed by atoms with Crippen molar-refractivity contribution in [1.29, 1.82) is 0 Å². The highest BCUT2D eigenvalue weighted by Gasteiger charge is 2.11. The highest BCUT2D eigenvalue weighted by Crippen LogP contribution is 2.35. The molecule has 1 heterocycles. The molecule has 132 valence electrons. The number of hydrogen-bond donors (Lipinski definition) is 0. The summed E-state index contributed by atoms with van der Waals surface area (Å²) in [5.41, 5.74) is 8.02. The molecule has 4 aromatic rings. The van der Waals surface area contributed by atoms with E-state index in [0.717, 1.165) is 16.8 Å². The Morgan fingerprint density at radius 3 is 1.74 bits per heavy atom. The van der Waals surface area contributed by atoms with Crippen molar-refractivity contribution in [2.45, 2.75) is 0 Å². The van der Waals surface area contributed by atoms with E-state index in [1.165, 1.54) is 22.4 Å². The third kappa shape index (κ3) is 3.61. The van der Waals surface area contributed by atoms with Gasteiger partial charge in [0.15, 0.2) is 0 Å². The number of aromatic nitrogens is 1. The van der Waals surface area contributed by atoms with Crippen LogP contribution in [0.3, 0.4) is 0 Å². The van der Waals surface area contributed by atoms with Crippen molar-refractivity contribution in [2.24, 2.45) is 0 Å². The Morgan fingerprint density at radius 2 is 1.15 bits per heavy atom. The van der Waals surface area contributed by atoms with E-state index in [0.29, 0.717) is 0 Å². The Hall–Kier alpha value is -3.39. The van der Waals surface area contributed by atoms with E-state index in [1.807, 2.05) is 30.5 Å². The summed E-state index contributed by atoms with van der Waals surface area (Å²) in [5, 5.41) is 0. The molecule has 4 rings (SSSR count). The lowest BCUT2D eigenvalue weighted by Gasteiger charge is -2.15. The Labute approximate surface area is 160 Å². The maximum atomic E-state index is 4.75. The first-order valence-electron chi connectivity index (χ1n) is 9.11. The standard InChI is InChI=1S/C25H22N2/c1-27(2)22-15-13-20(14-16-22)23-17-25(21-11-7-4-8-12-21)26-18-24(23)19-9-5-3-6-10-19/h3-18H,1-2H3. The minimum Gasteiger partial charge on any atom is -0.378 e. The Bertz CT molecular complexity index is 1020. The van der Waals surface area contributed by atoms with E-state index in [4.69, 9.17) is 4.98 Å². The van der Waals surface area contributed by atoms with Gasteiger partial charge in [-0.2, -0.15) is 0 Å². The van der Waals surface area contributed by atoms with E-state index in [9.17, 15) is 0 Å². The van der Waals surface area contributed by atoms with Gasteiger partial charge in [-0.05, 0) is 34.9 Å². The molecule has 0 N–H and O–H groups in total. The second-order valence-electron chi connectivity index (χ2n) is 6.79. The van der Waals surface area contributed by atoms with Gasteiger partial charge in [0.1, 0.15) is 0 Å². The van der Waals surface area contributed by atoms with Crippen molar-refractivity contribution in [1.82, 2.24) is 4.98 Å². The lowest BCUT2D eigenvalue weighted by molar-refractivity contribution is 1.13. The summed E-state index contributed by atoms with van der Waals surface area (Å²) in [6, 6.07) is 31.7. The topological polar surface area (TPSA) is 16.1 Å². The van der Waals surface area contributed by atoms with Crippen LogP contribution in [-0.2, 0) is 0 Å². The molecule has 0 aliphatic carbocycles. The van der Waals surface area contributed by atoms with E-state index in [-0.39, 0.29) is 0 Å². The Morgan fingerprint density at radius 1 is 0.593 bits per heavy atom. The molecule has 0 unspecified atom stereocenters. The first-order chi connectivity index (χ1) is 13.2. The molecule has 3 aromatic carbocycles. The smallest absolute Gasteiger partial charge is 0.0708 e. The monoisotopic (exact) mass is 350 g/mol. The SMILES string of the molecule is CN(C)c1ccc(-c2cc(-c3ccccc3)ncc2-c2ccccc2)cc1. The molecule has 0 saturated heterocycles. The van der Waals surface area contributed by atoms with Gasteiger partial charge in [0.05, 0.1) is 5.69 Å². The van der Waals surface area contributed by atoms with Crippen LogP contribution in [0.5, 0.6) is 0 Å². The molecule has 0 bridgehead atoms. The molecule has 27 heavy (non-hydrogen) atoms. The number of nitrogens with zero attached hydrogens (tertiary/aromatic N) is 2. The third-order valence-electron chi connectivity index (χ3n) is 4.75. The van der Waals surface area contributed by atoms with Gasteiger partial charge in [0.2, 0.25) is 0 Å². The first-order valence-corrected chi connectivity index (χ1v) is 9.11. The van der Waals surface area contributed by atoms with Crippen LogP contribution in [0.1, 0.15) is 0 Å². The van der Waals surface area contributed by atoms with Crippen LogP contribution in [0.4, 0.5) is 5.69 Å². The fraction of sp³-hybridized carbons (Fsp3) is 0.0800. The first kappa shape index (κ1) is 17.0. The lowest BCUT2D eigenvalue weighted by Crippen LogP contribution is -2.07. The van der Waals surface area contributed by atoms with Gasteiger partial charge in [0, 0.05) is 37.1 Å². The van der Waals surface area contributed by atoms with Crippen molar-refractivity contribution in [3.63, 3.8) is 0 Å². The van der Waals surface area contributed by atoms with Crippen LogP contribution in [0.2, 0.25) is 0 Å². The van der Waals surface area contributed by atoms with Crippen LogP contribution in [0, 0.1) is 0 Å². The van der Waals surface area contributed by atoms with Crippen molar-refractivity contribution >= 4 is 5.69 Å². The molecule has 0 amide bonds. The zero-order chi connectivity index (χ0) is 18.6. The number of rotatable bonds is 4. The summed E-state index contributed by atoms with van der Waals surface area (Å²) in [7, 11) is 4.12. The quantitative estimate of drug-likeness (QED) is 0.439. The van der Waals surface area contributed by atoms with Gasteiger partial charge >= 0.3 is 0 Å². The van der Waals surface area contributed by atoms with Crippen molar-refractivity contribution in [2.75, 3.05) is 19.0 Å². The normalized spacial score (nSPS) is 10.6. The number of pyridine rings is 1. The van der Waals surface area contributed by atoms with E-state index in [1.54, 1.807) is 0 Å². The molecule has 0 saturated carbocycles. The summed E-state index contributed by atoms with van der Waals surface area (Å²) in [6.07, 6.45) is 1.99. The third-order valence-corrected chi connectivity index (χ3v) is 4.75. The number of benzene rings is 3. The zero-order valence-corrected chi connectivity index (χ0v) is 15.6. The van der Waals surface area contributed by atoms with Crippen LogP contribution in [0.25, 0.3) is 33.5 Å². The minimum atomic E-state index is 0.988. The molecule has 0 aliphatic rings. The summed E-state index contributed by atoms with van der Waals surface area (Å²) in [4.78, 5) is 6.86. The van der Waals surface area contributed by atoms with Crippen molar-refractivity contribution in [3.8, 4) is 33.5 Å². The molecule has 0 aliphatic heterocycles. The molecule has 0 spiro atoms. The van der Waals surface area contributed by atoms with Crippen LogP contribution >= 0.6 is 0 Å². The molecule has 0 radical (unpaired) electrons. The van der Waals surface area contributed by atoms with E-state index in [2.05, 4.69) is 85.7 Å². The van der Waals surface area contributed by atoms with Gasteiger partial charge in [0.25, 0.3) is 0 Å². The highest BCUT2D eigenvalue weighted by atomic mass is 15.1. The van der Waals surface area contributed by atoms with Crippen LogP contribution in [-0.4, -0.2) is 19.1 Å². The summed E-state index contributed by atoms with van der Waals surface area (Å²) < 4.78 is 0. The minimum absolute atomic E-state index is 0.988. The van der Waals surface area contributed by atoms with Gasteiger partial charge in [-0.15, -0.1) is 0 Å². The van der Waals surface area contributed by atoms with Gasteiger partial charge in [-0.1, -0.05) is 72.8 Å². The molecular formula is C25H22N2. The van der Waals surface area contributed by atoms with Crippen molar-refractivity contribution < 1.29 is 0 Å². The predicted octanol–water partition coefficient (Wildman–Crippen LogP) is 6.15. The molecule has 2 nitrogen and oxygen atoms in total. The van der Waals surface area contributed by atoms with Crippen molar-refractivity contribution in [3.05, 3.63) is 97.2 Å². The van der Waals surface area contributed by atoms with E-state index < -0.39 is 0 Å². The maximum absolute atomic E-state index is 4.75. The fourth-order valence-electron chi connectivity index (χ4n) is 3.25. The van der Waals surface area contributed by atoms with E-state index >= 15 is 0 Å². The Balaban J connectivity index is 1.87. The second-order valence-corrected chi connectivity index (χ2v) is 6.79. The maximum Gasteiger partial charge on any atom is 0.0708 e. The summed E-state index contributed by atoms with van der Waals surface area (Å²) in [6.45, 7) is 0. The molecular weight excluding hydrogens is 328 g/mol. The average Bonchev–Trinajstić information content (AvgIpc) is 2.74. The Kier molecular flexibility index (Phi) is 4.71. The number of hydrogen-bond acceptors (Lipinski definition) is 2. The second kappa shape index (κ2) is 7.46. The van der Waals surface area contributed by atoms with Gasteiger partial charge < -0.3 is 4.90 Å². The molecule has 0 fully saturated rings. The van der Waals surface area contributed by atoms with Crippen LogP contribution in [0.15, 0.2) is 97.2 Å². The summed E-state index contributed by atoms with van der Waals surface area (Å²) >= 11 is 0. The molecule has 0 atom stereocenters. The summed E-state index contributed by atoms with van der Waals surface area (Å²) in [5.74, 6) is 0. The van der Waals surface area contributed by atoms with Gasteiger partial charge in [-0.25, -0.2) is 0 Å². The molecule has 1 aromatic heterocycles. The van der Waals surface area contributed by atoms with Gasteiger partial charge in [-0.3, -0.25) is 4.98 Å². The lowest BCUT2D eigenvalue weighted by atomic mass is 9.94.